The predicted molar refractivity (Wildman–Crippen MR) is 164 cm³/mol. The summed E-state index contributed by atoms with van der Waals surface area (Å²) in [5.74, 6) is 1.59. The molecule has 1 heterocycles. The molecule has 40 heavy (non-hydrogen) atoms. The summed E-state index contributed by atoms with van der Waals surface area (Å²) in [7, 11) is 1.61. The highest BCUT2D eigenvalue weighted by molar-refractivity contribution is 5.74. The van der Waals surface area contributed by atoms with Gasteiger partial charge in [-0.1, -0.05) is 68.4 Å². The Morgan fingerprint density at radius 2 is 1.45 bits per heavy atom. The second kappa shape index (κ2) is 18.8. The number of aromatic nitrogens is 2. The number of carbonyl (C=O) groups is 2. The van der Waals surface area contributed by atoms with Gasteiger partial charge in [0, 0.05) is 25.1 Å². The van der Waals surface area contributed by atoms with E-state index in [2.05, 4.69) is 53.7 Å². The summed E-state index contributed by atoms with van der Waals surface area (Å²) in [4.78, 5) is 24.6. The minimum Gasteiger partial charge on any atom is -0.491 e. The van der Waals surface area contributed by atoms with Crippen molar-refractivity contribution in [3.05, 3.63) is 114 Å². The van der Waals surface area contributed by atoms with Gasteiger partial charge in [-0.05, 0) is 75.1 Å². The number of hydrogen-bond acceptors (Lipinski definition) is 4. The third-order valence-corrected chi connectivity index (χ3v) is 5.71. The van der Waals surface area contributed by atoms with Crippen LogP contribution in [0, 0.1) is 13.8 Å². The third kappa shape index (κ3) is 11.2. The molecule has 0 aliphatic carbocycles. The molecule has 2 N–H and O–H groups in total. The number of nitrogens with zero attached hydrogens (tertiary/aromatic N) is 2. The molecular formula is C33H44N4O3. The van der Waals surface area contributed by atoms with E-state index in [9.17, 15) is 4.79 Å². The lowest BCUT2D eigenvalue weighted by Gasteiger charge is -2.20. The van der Waals surface area contributed by atoms with Gasteiger partial charge in [0.25, 0.3) is 0 Å². The van der Waals surface area contributed by atoms with Gasteiger partial charge in [0.2, 0.25) is 0 Å². The highest BCUT2D eigenvalue weighted by Gasteiger charge is 2.20. The Kier molecular flexibility index (Phi) is 15.8. The summed E-state index contributed by atoms with van der Waals surface area (Å²) in [5, 5.41) is 5.63. The van der Waals surface area contributed by atoms with E-state index in [0.29, 0.717) is 6.42 Å². The van der Waals surface area contributed by atoms with Crippen LogP contribution >= 0.6 is 0 Å². The first-order valence-electron chi connectivity index (χ1n) is 13.5. The highest BCUT2D eigenvalue weighted by atomic mass is 16.5. The van der Waals surface area contributed by atoms with Crippen LogP contribution < -0.4 is 15.4 Å². The van der Waals surface area contributed by atoms with Crippen molar-refractivity contribution in [3.63, 3.8) is 0 Å². The molecule has 4 aromatic rings. The average molecular weight is 545 g/mol. The van der Waals surface area contributed by atoms with Crippen molar-refractivity contribution >= 4 is 12.8 Å². The fraction of sp³-hybridized carbons (Fsp3) is 0.303. The number of urea groups is 1. The van der Waals surface area contributed by atoms with Crippen molar-refractivity contribution in [2.75, 3.05) is 7.05 Å². The van der Waals surface area contributed by atoms with Gasteiger partial charge in [0.05, 0.1) is 12.1 Å². The molecular weight excluding hydrogens is 500 g/mol. The van der Waals surface area contributed by atoms with Crippen molar-refractivity contribution in [3.8, 4) is 11.4 Å². The zero-order valence-electron chi connectivity index (χ0n) is 24.8. The van der Waals surface area contributed by atoms with E-state index in [0.717, 1.165) is 22.8 Å². The fourth-order valence-electron chi connectivity index (χ4n) is 3.70. The number of hydrogen-bond donors (Lipinski definition) is 2. The first kappa shape index (κ1) is 33.6. The molecule has 0 aliphatic rings. The Morgan fingerprint density at radius 1 is 0.900 bits per heavy atom. The second-order valence-corrected chi connectivity index (χ2v) is 8.87. The highest BCUT2D eigenvalue weighted by Crippen LogP contribution is 2.23. The van der Waals surface area contributed by atoms with Crippen molar-refractivity contribution < 1.29 is 14.3 Å². The fourth-order valence-corrected chi connectivity index (χ4v) is 3.70. The van der Waals surface area contributed by atoms with Crippen LogP contribution in [-0.2, 0) is 11.2 Å². The largest absolute Gasteiger partial charge is 0.491 e. The van der Waals surface area contributed by atoms with E-state index in [1.165, 1.54) is 11.1 Å². The third-order valence-electron chi connectivity index (χ3n) is 5.71. The van der Waals surface area contributed by atoms with E-state index in [-0.39, 0.29) is 18.2 Å². The van der Waals surface area contributed by atoms with Gasteiger partial charge in [-0.2, -0.15) is 0 Å². The summed E-state index contributed by atoms with van der Waals surface area (Å²) in [6.07, 6.45) is 4.41. The molecule has 4 rings (SSSR count). The monoisotopic (exact) mass is 544 g/mol. The molecule has 0 fully saturated rings. The quantitative estimate of drug-likeness (QED) is 0.262. The first-order valence-corrected chi connectivity index (χ1v) is 13.5. The number of imidazole rings is 1. The molecule has 7 heteroatoms. The lowest BCUT2D eigenvalue weighted by atomic mass is 10.1. The summed E-state index contributed by atoms with van der Waals surface area (Å²) in [5.41, 5.74) is 4.82. The number of ether oxygens (including phenoxy) is 1. The van der Waals surface area contributed by atoms with Crippen LogP contribution in [0.3, 0.4) is 0 Å². The zero-order valence-corrected chi connectivity index (χ0v) is 24.8. The number of rotatable bonds is 7. The lowest BCUT2D eigenvalue weighted by Crippen LogP contribution is -2.37. The van der Waals surface area contributed by atoms with E-state index in [1.54, 1.807) is 13.2 Å². The van der Waals surface area contributed by atoms with Crippen LogP contribution in [-0.4, -0.2) is 35.5 Å². The van der Waals surface area contributed by atoms with E-state index < -0.39 is 0 Å². The van der Waals surface area contributed by atoms with Gasteiger partial charge >= 0.3 is 6.03 Å². The second-order valence-electron chi connectivity index (χ2n) is 8.87. The van der Waals surface area contributed by atoms with Gasteiger partial charge in [0.1, 0.15) is 18.4 Å². The Morgan fingerprint density at radius 3 is 1.95 bits per heavy atom. The van der Waals surface area contributed by atoms with Gasteiger partial charge in [0.15, 0.2) is 0 Å². The van der Waals surface area contributed by atoms with E-state index in [4.69, 9.17) is 9.53 Å². The maximum atomic E-state index is 12.0. The molecule has 1 unspecified atom stereocenters. The molecule has 0 radical (unpaired) electrons. The van der Waals surface area contributed by atoms with Gasteiger partial charge < -0.3 is 24.7 Å². The van der Waals surface area contributed by atoms with Crippen LogP contribution in [0.4, 0.5) is 4.79 Å². The first-order chi connectivity index (χ1) is 19.4. The topological polar surface area (TPSA) is 85.3 Å². The number of benzene rings is 3. The predicted octanol–water partition coefficient (Wildman–Crippen LogP) is 7.02. The Labute approximate surface area is 239 Å². The van der Waals surface area contributed by atoms with Crippen molar-refractivity contribution in [1.82, 2.24) is 20.2 Å². The van der Waals surface area contributed by atoms with Crippen LogP contribution in [0.5, 0.6) is 5.75 Å². The van der Waals surface area contributed by atoms with Gasteiger partial charge in [-0.3, -0.25) is 0 Å². The normalized spacial score (nSPS) is 10.4. The SMILES string of the molecule is C=O.CC.CNC(=O)NC(Cc1ccccc1)c1nccn1-c1ccc(OC(C)C)cc1.Cc1ccccc1C. The summed E-state index contributed by atoms with van der Waals surface area (Å²) >= 11 is 0. The zero-order chi connectivity index (χ0) is 29.9. The van der Waals surface area contributed by atoms with Gasteiger partial charge in [-0.15, -0.1) is 0 Å². The molecule has 1 atom stereocenters. The molecule has 2 amide bonds. The molecule has 3 aromatic carbocycles. The van der Waals surface area contributed by atoms with Crippen molar-refractivity contribution in [1.29, 1.82) is 0 Å². The molecule has 7 nitrogen and oxygen atoms in total. The number of carbonyl (C=O) groups excluding carboxylic acids is 2. The van der Waals surface area contributed by atoms with Crippen LogP contribution in [0.25, 0.3) is 5.69 Å². The van der Waals surface area contributed by atoms with E-state index >= 15 is 0 Å². The molecule has 0 saturated heterocycles. The maximum absolute atomic E-state index is 12.0. The molecule has 214 valence electrons. The molecule has 0 bridgehead atoms. The van der Waals surface area contributed by atoms with E-state index in [1.807, 2.05) is 99.8 Å². The molecule has 0 spiro atoms. The smallest absolute Gasteiger partial charge is 0.315 e. The van der Waals surface area contributed by atoms with Crippen LogP contribution in [0.1, 0.15) is 56.3 Å². The Hall–Kier alpha value is -4.39. The maximum Gasteiger partial charge on any atom is 0.315 e. The standard InChI is InChI=1S/C22H26N4O2.C8H10.C2H6.CH2O/c1-16(2)28-19-11-9-18(10-12-19)26-14-13-24-21(26)20(25-22(27)23-3)15-17-7-5-4-6-8-17;1-7-5-3-4-6-8(7)2;2*1-2/h4-14,16,20H,15H2,1-3H3,(H2,23,25,27);3-6H,1-2H3;1-2H3;1H2. The number of amides is 2. The minimum absolute atomic E-state index is 0.127. The van der Waals surface area contributed by atoms with Crippen LogP contribution in [0.15, 0.2) is 91.3 Å². The molecule has 0 saturated carbocycles. The Bertz CT molecular complexity index is 1220. The van der Waals surface area contributed by atoms with Gasteiger partial charge in [-0.25, -0.2) is 9.78 Å². The summed E-state index contributed by atoms with van der Waals surface area (Å²) in [6, 6.07) is 25.8. The molecule has 0 aliphatic heterocycles. The Balaban J connectivity index is 0.000000561. The average Bonchev–Trinajstić information content (AvgIpc) is 3.47. The summed E-state index contributed by atoms with van der Waals surface area (Å²) in [6.45, 7) is 14.2. The summed E-state index contributed by atoms with van der Waals surface area (Å²) < 4.78 is 7.71. The number of aryl methyl sites for hydroxylation is 2. The van der Waals surface area contributed by atoms with Crippen molar-refractivity contribution in [2.24, 2.45) is 0 Å². The molecule has 1 aromatic heterocycles. The van der Waals surface area contributed by atoms with Crippen molar-refractivity contribution in [2.45, 2.75) is 60.1 Å². The lowest BCUT2D eigenvalue weighted by molar-refractivity contribution is -0.0980. The number of nitrogens with one attached hydrogen (secondary N) is 2. The van der Waals surface area contributed by atoms with Crippen LogP contribution in [0.2, 0.25) is 0 Å². The minimum atomic E-state index is -0.274.